The predicted molar refractivity (Wildman–Crippen MR) is 50.8 cm³/mol. The zero-order valence-corrected chi connectivity index (χ0v) is 9.03. The number of quaternary nitrogens is 1. The molecule has 0 amide bonds. The molecule has 0 aliphatic rings. The van der Waals surface area contributed by atoms with Crippen LogP contribution in [0.5, 0.6) is 0 Å². The summed E-state index contributed by atoms with van der Waals surface area (Å²) in [5.41, 5.74) is 0. The quantitative estimate of drug-likeness (QED) is 0.384. The second-order valence-electron chi connectivity index (χ2n) is 3.89. The van der Waals surface area contributed by atoms with Gasteiger partial charge in [0.15, 0.2) is 0 Å². The molecule has 0 aliphatic carbocycles. The van der Waals surface area contributed by atoms with Crippen LogP contribution in [0, 0.1) is 0 Å². The summed E-state index contributed by atoms with van der Waals surface area (Å²) in [4.78, 5) is 21.1. The first-order valence-corrected chi connectivity index (χ1v) is 4.63. The number of hydrogen-bond donors (Lipinski definition) is 1. The van der Waals surface area contributed by atoms with Gasteiger partial charge >= 0.3 is 11.9 Å². The molecule has 0 aromatic carbocycles. The van der Waals surface area contributed by atoms with Crippen molar-refractivity contribution < 1.29 is 28.3 Å². The lowest BCUT2D eigenvalue weighted by molar-refractivity contribution is -0.902. The van der Waals surface area contributed by atoms with E-state index in [2.05, 4.69) is 0 Å². The molecular weight excluding hydrogens is 205 g/mol. The van der Waals surface area contributed by atoms with Gasteiger partial charge in [-0.05, 0) is 0 Å². The van der Waals surface area contributed by atoms with Crippen LogP contribution in [0.3, 0.4) is 0 Å². The summed E-state index contributed by atoms with van der Waals surface area (Å²) in [7, 11) is 3.34. The number of carbonyl (C=O) groups excluding carboxylic acids is 1. The highest BCUT2D eigenvalue weighted by atomic mass is 19.1. The van der Waals surface area contributed by atoms with Crippen LogP contribution in [0.4, 0.5) is 4.39 Å². The largest absolute Gasteiger partial charge is 0.481 e. The number of carboxylic acid groups (broad SMARTS) is 1. The average molecular weight is 222 g/mol. The maximum absolute atomic E-state index is 12.3. The van der Waals surface area contributed by atoms with Gasteiger partial charge in [-0.3, -0.25) is 14.1 Å². The molecule has 0 rings (SSSR count). The van der Waals surface area contributed by atoms with Crippen molar-refractivity contribution in [3.05, 3.63) is 0 Å². The Balaban J connectivity index is 3.59. The number of alkyl halides is 1. The molecule has 0 spiro atoms. The van der Waals surface area contributed by atoms with Crippen molar-refractivity contribution in [2.75, 3.05) is 34.0 Å². The van der Waals surface area contributed by atoms with E-state index in [1.54, 1.807) is 14.1 Å². The molecule has 88 valence electrons. The molecule has 0 saturated carbocycles. The van der Waals surface area contributed by atoms with E-state index in [0.29, 0.717) is 6.54 Å². The van der Waals surface area contributed by atoms with Gasteiger partial charge in [0.05, 0.1) is 26.9 Å². The van der Waals surface area contributed by atoms with Crippen LogP contribution in [0.15, 0.2) is 0 Å². The number of ether oxygens (including phenoxy) is 1. The Morgan fingerprint density at radius 2 is 1.93 bits per heavy atom. The first-order chi connectivity index (χ1) is 6.87. The van der Waals surface area contributed by atoms with Crippen molar-refractivity contribution in [3.63, 3.8) is 0 Å². The van der Waals surface area contributed by atoms with Crippen LogP contribution in [0.25, 0.3) is 0 Å². The lowest BCUT2D eigenvalue weighted by atomic mass is 10.3. The summed E-state index contributed by atoms with van der Waals surface area (Å²) in [5.74, 6) is -1.59. The zero-order chi connectivity index (χ0) is 11.9. The maximum Gasteiger partial charge on any atom is 0.306 e. The van der Waals surface area contributed by atoms with Crippen molar-refractivity contribution in [2.45, 2.75) is 12.8 Å². The van der Waals surface area contributed by atoms with E-state index in [4.69, 9.17) is 9.84 Å². The van der Waals surface area contributed by atoms with E-state index in [1.165, 1.54) is 0 Å². The van der Waals surface area contributed by atoms with E-state index in [0.717, 1.165) is 0 Å². The van der Waals surface area contributed by atoms with E-state index < -0.39 is 18.7 Å². The molecule has 0 aromatic rings. The highest BCUT2D eigenvalue weighted by molar-refractivity contribution is 5.76. The number of aliphatic carboxylic acids is 1. The third kappa shape index (κ3) is 7.87. The molecule has 5 nitrogen and oxygen atoms in total. The van der Waals surface area contributed by atoms with Crippen molar-refractivity contribution in [1.82, 2.24) is 0 Å². The van der Waals surface area contributed by atoms with Gasteiger partial charge in [0, 0.05) is 0 Å². The van der Waals surface area contributed by atoms with Gasteiger partial charge in [-0.2, -0.15) is 4.39 Å². The fourth-order valence-electron chi connectivity index (χ4n) is 0.748. The van der Waals surface area contributed by atoms with Crippen LogP contribution in [-0.2, 0) is 14.3 Å². The summed E-state index contributed by atoms with van der Waals surface area (Å²) in [6.45, 7) is -0.0582. The van der Waals surface area contributed by atoms with E-state index in [-0.39, 0.29) is 23.9 Å². The third-order valence-corrected chi connectivity index (χ3v) is 1.83. The van der Waals surface area contributed by atoms with Crippen molar-refractivity contribution in [2.24, 2.45) is 0 Å². The molecule has 0 radical (unpaired) electrons. The number of carboxylic acids is 1. The van der Waals surface area contributed by atoms with E-state index in [1.807, 2.05) is 0 Å². The fraction of sp³-hybridized carbons (Fsp3) is 0.778. The minimum Gasteiger partial charge on any atom is -0.481 e. The Morgan fingerprint density at radius 3 is 2.40 bits per heavy atom. The van der Waals surface area contributed by atoms with E-state index in [9.17, 15) is 14.0 Å². The van der Waals surface area contributed by atoms with Gasteiger partial charge in [-0.1, -0.05) is 0 Å². The number of hydrogen-bond acceptors (Lipinski definition) is 3. The summed E-state index contributed by atoms with van der Waals surface area (Å²) in [5, 5.41) is 8.29. The van der Waals surface area contributed by atoms with Gasteiger partial charge in [0.25, 0.3) is 0 Å². The molecule has 0 aromatic heterocycles. The molecule has 0 heterocycles. The number of halogens is 1. The number of likely N-dealkylation sites (N-methyl/N-ethyl adjacent to an activating group) is 1. The normalized spacial score (nSPS) is 11.1. The first kappa shape index (κ1) is 13.8. The molecule has 0 saturated heterocycles. The Morgan fingerprint density at radius 1 is 1.33 bits per heavy atom. The van der Waals surface area contributed by atoms with Crippen LogP contribution >= 0.6 is 0 Å². The summed E-state index contributed by atoms with van der Waals surface area (Å²) in [6, 6.07) is 0. The predicted octanol–water partition coefficient (Wildman–Crippen LogP) is 0.398. The standard InChI is InChI=1S/C9H16FNO4/c1-11(2,7-10)5-6-15-9(14)4-3-8(12)13/h3-7H2,1-2H3/p+1. The van der Waals surface area contributed by atoms with Crippen LogP contribution < -0.4 is 0 Å². The minimum atomic E-state index is -1.04. The van der Waals surface area contributed by atoms with Gasteiger partial charge < -0.3 is 9.84 Å². The average Bonchev–Trinajstić information content (AvgIpc) is 2.14. The Labute approximate surface area is 88.0 Å². The Kier molecular flexibility index (Phi) is 5.84. The lowest BCUT2D eigenvalue weighted by Gasteiger charge is -2.25. The van der Waals surface area contributed by atoms with Gasteiger partial charge in [0.2, 0.25) is 6.80 Å². The monoisotopic (exact) mass is 222 g/mol. The smallest absolute Gasteiger partial charge is 0.306 e. The number of rotatable bonds is 7. The number of carbonyl (C=O) groups is 2. The Bertz CT molecular complexity index is 230. The fourth-order valence-corrected chi connectivity index (χ4v) is 0.748. The molecule has 0 fully saturated rings. The first-order valence-electron chi connectivity index (χ1n) is 4.63. The molecule has 0 aliphatic heterocycles. The number of esters is 1. The molecule has 0 bridgehead atoms. The van der Waals surface area contributed by atoms with Crippen LogP contribution in [0.1, 0.15) is 12.8 Å². The SMILES string of the molecule is C[N+](C)(CF)CCOC(=O)CCC(=O)O. The number of nitrogens with zero attached hydrogens (tertiary/aromatic N) is 1. The second-order valence-corrected chi connectivity index (χ2v) is 3.89. The topological polar surface area (TPSA) is 63.6 Å². The molecule has 0 atom stereocenters. The minimum absolute atomic E-state index is 0.107. The third-order valence-electron chi connectivity index (χ3n) is 1.83. The lowest BCUT2D eigenvalue weighted by Crippen LogP contribution is -2.41. The van der Waals surface area contributed by atoms with Crippen molar-refractivity contribution in [1.29, 1.82) is 0 Å². The molecule has 6 heteroatoms. The summed E-state index contributed by atoms with van der Waals surface area (Å²) < 4.78 is 17.2. The van der Waals surface area contributed by atoms with Gasteiger partial charge in [-0.15, -0.1) is 0 Å². The molecular formula is C9H17FNO4+. The summed E-state index contributed by atoms with van der Waals surface area (Å²) in [6.07, 6.45) is -0.376. The van der Waals surface area contributed by atoms with Crippen LogP contribution in [0.2, 0.25) is 0 Å². The molecule has 15 heavy (non-hydrogen) atoms. The second kappa shape index (κ2) is 6.34. The Hall–Kier alpha value is -1.17. The van der Waals surface area contributed by atoms with Crippen molar-refractivity contribution >= 4 is 11.9 Å². The van der Waals surface area contributed by atoms with E-state index >= 15 is 0 Å². The zero-order valence-electron chi connectivity index (χ0n) is 9.03. The maximum atomic E-state index is 12.3. The van der Waals surface area contributed by atoms with Crippen LogP contribution in [-0.4, -0.2) is 55.6 Å². The highest BCUT2D eigenvalue weighted by Gasteiger charge is 2.15. The van der Waals surface area contributed by atoms with Gasteiger partial charge in [0.1, 0.15) is 13.2 Å². The molecule has 0 unspecified atom stereocenters. The van der Waals surface area contributed by atoms with Crippen molar-refractivity contribution in [3.8, 4) is 0 Å². The summed E-state index contributed by atoms with van der Waals surface area (Å²) >= 11 is 0. The highest BCUT2D eigenvalue weighted by Crippen LogP contribution is 1.98. The molecule has 1 N–H and O–H groups in total. The van der Waals surface area contributed by atoms with Gasteiger partial charge in [-0.25, -0.2) is 0 Å².